The van der Waals surface area contributed by atoms with E-state index in [1.807, 2.05) is 0 Å². The van der Waals surface area contributed by atoms with Gasteiger partial charge in [-0.05, 0) is 18.2 Å². The zero-order valence-electron chi connectivity index (χ0n) is 19.9. The van der Waals surface area contributed by atoms with E-state index in [2.05, 4.69) is 42.2 Å². The molecule has 0 aliphatic carbocycles. The molecule has 1 aromatic carbocycles. The third kappa shape index (κ3) is 6.89. The molecule has 0 spiro atoms. The second kappa shape index (κ2) is 11.2. The summed E-state index contributed by atoms with van der Waals surface area (Å²) in [5.74, 6) is 4.81. The summed E-state index contributed by atoms with van der Waals surface area (Å²) in [6.45, 7) is 5.15. The summed E-state index contributed by atoms with van der Waals surface area (Å²) in [5.41, 5.74) is 0.0846. The lowest BCUT2D eigenvalue weighted by atomic mass is 10.1. The number of piperazine rings is 1. The fourth-order valence-corrected chi connectivity index (χ4v) is 3.69. The normalized spacial score (nSPS) is 14.1. The van der Waals surface area contributed by atoms with Crippen molar-refractivity contribution < 1.29 is 27.5 Å². The molecule has 4 rings (SSSR count). The van der Waals surface area contributed by atoms with Crippen LogP contribution in [-0.2, 0) is 15.8 Å². The van der Waals surface area contributed by atoms with Gasteiger partial charge in [-0.1, -0.05) is 5.92 Å². The Kier molecular flexibility index (Phi) is 7.78. The molecule has 0 radical (unpaired) electrons. The van der Waals surface area contributed by atoms with Gasteiger partial charge < -0.3 is 19.9 Å². The smallest absolute Gasteiger partial charge is 0.432 e. The molecular formula is C24H24F3N7O3. The van der Waals surface area contributed by atoms with E-state index < -0.39 is 17.8 Å². The van der Waals surface area contributed by atoms with Crippen LogP contribution in [0.2, 0.25) is 0 Å². The number of alkyl halides is 3. The number of aromatic nitrogens is 4. The average molecular weight is 515 g/mol. The third-order valence-corrected chi connectivity index (χ3v) is 5.68. The predicted molar refractivity (Wildman–Crippen MR) is 127 cm³/mol. The lowest BCUT2D eigenvalue weighted by Gasteiger charge is -2.34. The van der Waals surface area contributed by atoms with Crippen molar-refractivity contribution in [3.8, 4) is 29.0 Å². The minimum Gasteiger partial charge on any atom is -0.490 e. The van der Waals surface area contributed by atoms with Gasteiger partial charge in [0.2, 0.25) is 5.91 Å². The molecule has 2 amide bonds. The molecule has 0 bridgehead atoms. The number of ether oxygens (including phenoxy) is 1. The second-order valence-corrected chi connectivity index (χ2v) is 8.24. The minimum absolute atomic E-state index is 0.0119. The van der Waals surface area contributed by atoms with E-state index in [1.54, 1.807) is 24.0 Å². The fourth-order valence-electron chi connectivity index (χ4n) is 3.69. The zero-order valence-corrected chi connectivity index (χ0v) is 19.9. The maximum absolute atomic E-state index is 13.0. The maximum atomic E-state index is 13.0. The molecule has 1 fully saturated rings. The number of halogens is 3. The van der Waals surface area contributed by atoms with Crippen molar-refractivity contribution in [3.05, 3.63) is 48.0 Å². The van der Waals surface area contributed by atoms with Crippen LogP contribution in [0.15, 0.2) is 36.8 Å². The van der Waals surface area contributed by atoms with Crippen molar-refractivity contribution in [3.63, 3.8) is 0 Å². The first-order valence-corrected chi connectivity index (χ1v) is 11.4. The highest BCUT2D eigenvalue weighted by Gasteiger charge is 2.33. The Hall–Kier alpha value is -4.31. The van der Waals surface area contributed by atoms with Gasteiger partial charge in [0.15, 0.2) is 0 Å². The van der Waals surface area contributed by atoms with Gasteiger partial charge in [-0.15, -0.1) is 0 Å². The minimum atomic E-state index is -4.57. The van der Waals surface area contributed by atoms with Gasteiger partial charge in [0, 0.05) is 57.3 Å². The van der Waals surface area contributed by atoms with Gasteiger partial charge in [-0.3, -0.25) is 19.6 Å². The van der Waals surface area contributed by atoms with Crippen molar-refractivity contribution >= 4 is 17.5 Å². The number of rotatable bonds is 6. The molecule has 3 N–H and O–H groups in total. The van der Waals surface area contributed by atoms with E-state index in [0.29, 0.717) is 49.3 Å². The van der Waals surface area contributed by atoms with Gasteiger partial charge in [0.05, 0.1) is 23.6 Å². The highest BCUT2D eigenvalue weighted by atomic mass is 19.4. The molecule has 0 atom stereocenters. The van der Waals surface area contributed by atoms with Crippen LogP contribution < -0.4 is 10.1 Å². The number of carbonyl (C=O) groups is 2. The Morgan fingerprint density at radius 2 is 1.97 bits per heavy atom. The molecule has 3 aromatic rings. The number of benzene rings is 1. The standard InChI is InChI=1S/C24H24F3N7O3/c1-16(35)34-8-6-33(7-9-34)10-11-37-20-4-3-18(23-28-15-21(32-23)24(25,26)27)12-19(20)31-22(36)5-2-17-13-29-30-14-17/h3-4,12-15H,6-11H2,1H3,(H,28,32)(H,29,30)(H,31,36). The highest BCUT2D eigenvalue weighted by molar-refractivity contribution is 6.05. The summed E-state index contributed by atoms with van der Waals surface area (Å²) in [5, 5.41) is 8.98. The van der Waals surface area contributed by atoms with Crippen LogP contribution in [0.4, 0.5) is 18.9 Å². The topological polar surface area (TPSA) is 119 Å². The summed E-state index contributed by atoms with van der Waals surface area (Å²) >= 11 is 0. The van der Waals surface area contributed by atoms with Crippen LogP contribution in [0.1, 0.15) is 18.2 Å². The number of amides is 2. The Bertz CT molecular complexity index is 1300. The second-order valence-electron chi connectivity index (χ2n) is 8.24. The Balaban J connectivity index is 1.48. The molecular weight excluding hydrogens is 491 g/mol. The largest absolute Gasteiger partial charge is 0.490 e. The molecule has 1 saturated heterocycles. The molecule has 3 heterocycles. The lowest BCUT2D eigenvalue weighted by molar-refractivity contribution is -0.140. The number of anilines is 1. The molecule has 194 valence electrons. The van der Waals surface area contributed by atoms with E-state index in [9.17, 15) is 22.8 Å². The first kappa shape index (κ1) is 25.8. The summed E-state index contributed by atoms with van der Waals surface area (Å²) in [7, 11) is 0. The molecule has 1 aliphatic heterocycles. The number of nitrogens with zero attached hydrogens (tertiary/aromatic N) is 4. The van der Waals surface area contributed by atoms with Gasteiger partial charge >= 0.3 is 12.1 Å². The molecule has 1 aliphatic rings. The highest BCUT2D eigenvalue weighted by Crippen LogP contribution is 2.32. The molecule has 10 nitrogen and oxygen atoms in total. The van der Waals surface area contributed by atoms with Crippen molar-refractivity contribution in [2.24, 2.45) is 0 Å². The van der Waals surface area contributed by atoms with Gasteiger partial charge in [-0.25, -0.2) is 4.98 Å². The average Bonchev–Trinajstić information content (AvgIpc) is 3.56. The number of aromatic amines is 2. The van der Waals surface area contributed by atoms with E-state index in [4.69, 9.17) is 4.74 Å². The van der Waals surface area contributed by atoms with Gasteiger partial charge in [-0.2, -0.15) is 18.3 Å². The van der Waals surface area contributed by atoms with Crippen molar-refractivity contribution in [1.29, 1.82) is 0 Å². The summed E-state index contributed by atoms with van der Waals surface area (Å²) in [6.07, 6.45) is -0.869. The number of nitrogens with one attached hydrogen (secondary N) is 3. The summed E-state index contributed by atoms with van der Waals surface area (Å²) in [6, 6.07) is 4.57. The Morgan fingerprint density at radius 3 is 2.62 bits per heavy atom. The number of carbonyl (C=O) groups excluding carboxylic acids is 2. The van der Waals surface area contributed by atoms with Crippen molar-refractivity contribution in [2.75, 3.05) is 44.6 Å². The SMILES string of the molecule is CC(=O)N1CCN(CCOc2ccc(-c3ncc(C(F)(F)F)[nH]3)cc2NC(=O)C#Cc2cn[nH]c2)CC1. The van der Waals surface area contributed by atoms with Crippen LogP contribution in [0.5, 0.6) is 5.75 Å². The van der Waals surface area contributed by atoms with Gasteiger partial charge in [0.1, 0.15) is 23.9 Å². The number of H-pyrrole nitrogens is 2. The monoisotopic (exact) mass is 515 g/mol. The number of hydrogen-bond donors (Lipinski definition) is 3. The third-order valence-electron chi connectivity index (χ3n) is 5.68. The Morgan fingerprint density at radius 1 is 1.19 bits per heavy atom. The zero-order chi connectivity index (χ0) is 26.4. The predicted octanol–water partition coefficient (Wildman–Crippen LogP) is 2.35. The molecule has 0 saturated carbocycles. The van der Waals surface area contributed by atoms with Crippen LogP contribution in [0.25, 0.3) is 11.4 Å². The molecule has 37 heavy (non-hydrogen) atoms. The molecule has 2 aromatic heterocycles. The number of hydrogen-bond acceptors (Lipinski definition) is 6. The van der Waals surface area contributed by atoms with E-state index >= 15 is 0 Å². The van der Waals surface area contributed by atoms with Crippen LogP contribution in [0.3, 0.4) is 0 Å². The Labute approximate surface area is 210 Å². The molecule has 13 heteroatoms. The first-order chi connectivity index (χ1) is 17.7. The van der Waals surface area contributed by atoms with E-state index in [1.165, 1.54) is 18.5 Å². The van der Waals surface area contributed by atoms with Crippen LogP contribution in [-0.4, -0.2) is 81.1 Å². The summed E-state index contributed by atoms with van der Waals surface area (Å²) < 4.78 is 44.9. The van der Waals surface area contributed by atoms with Crippen LogP contribution in [0, 0.1) is 11.8 Å². The van der Waals surface area contributed by atoms with Crippen molar-refractivity contribution in [2.45, 2.75) is 13.1 Å². The quantitative estimate of drug-likeness (QED) is 0.434. The lowest BCUT2D eigenvalue weighted by Crippen LogP contribution is -2.48. The van der Waals surface area contributed by atoms with Crippen molar-refractivity contribution in [1.82, 2.24) is 30.0 Å². The maximum Gasteiger partial charge on any atom is 0.432 e. The summed E-state index contributed by atoms with van der Waals surface area (Å²) in [4.78, 5) is 34.0. The van der Waals surface area contributed by atoms with Gasteiger partial charge in [0.25, 0.3) is 0 Å². The fraction of sp³-hybridized carbons (Fsp3) is 0.333. The molecule has 0 unspecified atom stereocenters. The van der Waals surface area contributed by atoms with E-state index in [-0.39, 0.29) is 17.4 Å². The van der Waals surface area contributed by atoms with E-state index in [0.717, 1.165) is 13.1 Å². The van der Waals surface area contributed by atoms with Crippen LogP contribution >= 0.6 is 0 Å². The first-order valence-electron chi connectivity index (χ1n) is 11.4. The number of imidazole rings is 1.